The number of carboxylic acid groups (broad SMARTS) is 1. The maximum Gasteiger partial charge on any atom is 0.307 e. The molecule has 5 nitrogen and oxygen atoms in total. The van der Waals surface area contributed by atoms with Crippen molar-refractivity contribution in [3.8, 4) is 0 Å². The average molecular weight is 399 g/mol. The maximum absolute atomic E-state index is 11.2. The highest BCUT2D eigenvalue weighted by atomic mass is 32.2. The summed E-state index contributed by atoms with van der Waals surface area (Å²) < 4.78 is 5.93. The van der Waals surface area contributed by atoms with Crippen LogP contribution in [-0.2, 0) is 9.53 Å². The average Bonchev–Trinajstić information content (AvgIpc) is 2.73. The van der Waals surface area contributed by atoms with Crippen molar-refractivity contribution in [2.45, 2.75) is 22.6 Å². The summed E-state index contributed by atoms with van der Waals surface area (Å²) in [5.74, 6) is -0.904. The van der Waals surface area contributed by atoms with Crippen LogP contribution in [0.1, 0.15) is 12.8 Å². The number of anilines is 2. The highest BCUT2D eigenvalue weighted by molar-refractivity contribution is 7.99. The van der Waals surface area contributed by atoms with Crippen molar-refractivity contribution in [2.75, 3.05) is 44.3 Å². The summed E-state index contributed by atoms with van der Waals surface area (Å²) >= 11 is 1.81. The van der Waals surface area contributed by atoms with Gasteiger partial charge in [0.25, 0.3) is 0 Å². The minimum Gasteiger partial charge on any atom is -0.481 e. The van der Waals surface area contributed by atoms with Crippen LogP contribution in [-0.4, -0.2) is 55.4 Å². The van der Waals surface area contributed by atoms with E-state index in [4.69, 9.17) is 4.74 Å². The Kier molecular flexibility index (Phi) is 6.20. The fraction of sp³-hybridized carbons (Fsp3) is 0.409. The minimum absolute atomic E-state index is 0.229. The Morgan fingerprint density at radius 2 is 1.68 bits per heavy atom. The number of fused-ring (bicyclic) bond motifs is 2. The van der Waals surface area contributed by atoms with Gasteiger partial charge in [0.05, 0.1) is 30.5 Å². The van der Waals surface area contributed by atoms with E-state index in [0.717, 1.165) is 32.5 Å². The van der Waals surface area contributed by atoms with Gasteiger partial charge >= 0.3 is 5.97 Å². The monoisotopic (exact) mass is 398 g/mol. The smallest absolute Gasteiger partial charge is 0.307 e. The number of benzene rings is 2. The summed E-state index contributed by atoms with van der Waals surface area (Å²) in [6.45, 7) is 4.49. The fourth-order valence-corrected chi connectivity index (χ4v) is 5.03. The molecular weight excluding hydrogens is 372 g/mol. The molecule has 2 aromatic carbocycles. The number of hydrogen-bond donors (Lipinski definition) is 1. The van der Waals surface area contributed by atoms with Gasteiger partial charge in [0.15, 0.2) is 0 Å². The lowest BCUT2D eigenvalue weighted by atomic mass is 9.98. The SMILES string of the molecule is O=C(O)[C@@H]1CCCN(CCOCCN2c3ccccc3Sc3ccccc32)C1. The Labute approximate surface area is 170 Å². The van der Waals surface area contributed by atoms with Gasteiger partial charge in [0.1, 0.15) is 0 Å². The second-order valence-corrected chi connectivity index (χ2v) is 8.36. The Morgan fingerprint density at radius 1 is 1.04 bits per heavy atom. The van der Waals surface area contributed by atoms with Crippen molar-refractivity contribution in [1.29, 1.82) is 0 Å². The second-order valence-electron chi connectivity index (χ2n) is 7.28. The predicted octanol–water partition coefficient (Wildman–Crippen LogP) is 4.10. The first kappa shape index (κ1) is 19.3. The number of piperidine rings is 1. The third-order valence-electron chi connectivity index (χ3n) is 5.40. The van der Waals surface area contributed by atoms with E-state index in [0.29, 0.717) is 19.8 Å². The number of ether oxygens (including phenoxy) is 1. The fourth-order valence-electron chi connectivity index (χ4n) is 3.93. The number of carbonyl (C=O) groups is 1. The molecule has 1 fully saturated rings. The lowest BCUT2D eigenvalue weighted by Crippen LogP contribution is -2.40. The second kappa shape index (κ2) is 8.99. The lowest BCUT2D eigenvalue weighted by Gasteiger charge is -2.33. The van der Waals surface area contributed by atoms with E-state index < -0.39 is 5.97 Å². The molecule has 0 unspecified atom stereocenters. The van der Waals surface area contributed by atoms with Crippen molar-refractivity contribution in [3.05, 3.63) is 48.5 Å². The Hall–Kier alpha value is -2.02. The zero-order chi connectivity index (χ0) is 19.3. The number of likely N-dealkylation sites (tertiary alicyclic amines) is 1. The van der Waals surface area contributed by atoms with Crippen LogP contribution in [0.5, 0.6) is 0 Å². The third kappa shape index (κ3) is 4.35. The molecule has 2 aliphatic heterocycles. The Balaban J connectivity index is 1.30. The first-order chi connectivity index (χ1) is 13.7. The molecule has 0 amide bonds. The van der Waals surface area contributed by atoms with E-state index in [1.54, 1.807) is 0 Å². The molecule has 1 atom stereocenters. The van der Waals surface area contributed by atoms with E-state index in [9.17, 15) is 9.90 Å². The molecular formula is C22H26N2O3S. The van der Waals surface area contributed by atoms with E-state index in [2.05, 4.69) is 58.3 Å². The molecule has 2 heterocycles. The van der Waals surface area contributed by atoms with Gasteiger partial charge in [0, 0.05) is 29.4 Å². The molecule has 148 valence electrons. The van der Waals surface area contributed by atoms with Crippen LogP contribution in [0.3, 0.4) is 0 Å². The first-order valence-corrected chi connectivity index (χ1v) is 10.7. The summed E-state index contributed by atoms with van der Waals surface area (Å²) in [7, 11) is 0. The Bertz CT molecular complexity index is 783. The summed E-state index contributed by atoms with van der Waals surface area (Å²) in [5.41, 5.74) is 2.46. The highest BCUT2D eigenvalue weighted by Gasteiger charge is 2.25. The number of rotatable bonds is 7. The molecule has 28 heavy (non-hydrogen) atoms. The first-order valence-electron chi connectivity index (χ1n) is 9.89. The molecule has 0 saturated carbocycles. The zero-order valence-electron chi connectivity index (χ0n) is 15.9. The van der Waals surface area contributed by atoms with Crippen molar-refractivity contribution in [1.82, 2.24) is 4.90 Å². The molecule has 2 aliphatic rings. The molecule has 2 aromatic rings. The molecule has 0 spiro atoms. The molecule has 1 N–H and O–H groups in total. The van der Waals surface area contributed by atoms with Crippen LogP contribution in [0.15, 0.2) is 58.3 Å². The quantitative estimate of drug-likeness (QED) is 0.709. The van der Waals surface area contributed by atoms with Crippen LogP contribution in [0.4, 0.5) is 11.4 Å². The van der Waals surface area contributed by atoms with Crippen molar-refractivity contribution in [2.24, 2.45) is 5.92 Å². The van der Waals surface area contributed by atoms with Gasteiger partial charge in [-0.05, 0) is 43.7 Å². The van der Waals surface area contributed by atoms with E-state index in [1.807, 2.05) is 11.8 Å². The normalized spacial score (nSPS) is 19.1. The van der Waals surface area contributed by atoms with Gasteiger partial charge in [-0.3, -0.25) is 4.79 Å². The van der Waals surface area contributed by atoms with Crippen LogP contribution < -0.4 is 4.90 Å². The van der Waals surface area contributed by atoms with Crippen LogP contribution in [0.2, 0.25) is 0 Å². The topological polar surface area (TPSA) is 53.0 Å². The highest BCUT2D eigenvalue weighted by Crippen LogP contribution is 2.47. The number of hydrogen-bond acceptors (Lipinski definition) is 5. The molecule has 6 heteroatoms. The molecule has 0 bridgehead atoms. The largest absolute Gasteiger partial charge is 0.481 e. The van der Waals surface area contributed by atoms with E-state index in [1.165, 1.54) is 21.2 Å². The summed E-state index contributed by atoms with van der Waals surface area (Å²) in [6.07, 6.45) is 1.74. The van der Waals surface area contributed by atoms with Crippen molar-refractivity contribution in [3.63, 3.8) is 0 Å². The van der Waals surface area contributed by atoms with Gasteiger partial charge in [-0.2, -0.15) is 0 Å². The van der Waals surface area contributed by atoms with Gasteiger partial charge in [-0.1, -0.05) is 36.0 Å². The van der Waals surface area contributed by atoms with Gasteiger partial charge < -0.3 is 19.6 Å². The van der Waals surface area contributed by atoms with Gasteiger partial charge in [-0.15, -0.1) is 0 Å². The molecule has 0 aromatic heterocycles. The molecule has 0 radical (unpaired) electrons. The zero-order valence-corrected chi connectivity index (χ0v) is 16.7. The molecule has 0 aliphatic carbocycles. The van der Waals surface area contributed by atoms with E-state index in [-0.39, 0.29) is 5.92 Å². The minimum atomic E-state index is -0.675. The van der Waals surface area contributed by atoms with E-state index >= 15 is 0 Å². The molecule has 4 rings (SSSR count). The Morgan fingerprint density at radius 3 is 2.36 bits per heavy atom. The maximum atomic E-state index is 11.2. The summed E-state index contributed by atoms with van der Waals surface area (Å²) in [6, 6.07) is 17.0. The van der Waals surface area contributed by atoms with Crippen molar-refractivity contribution < 1.29 is 14.6 Å². The summed E-state index contributed by atoms with van der Waals surface area (Å²) in [5, 5.41) is 9.21. The predicted molar refractivity (Wildman–Crippen MR) is 112 cm³/mol. The number of carboxylic acids is 1. The molecule has 1 saturated heterocycles. The van der Waals surface area contributed by atoms with Crippen LogP contribution in [0.25, 0.3) is 0 Å². The van der Waals surface area contributed by atoms with Gasteiger partial charge in [0.2, 0.25) is 0 Å². The van der Waals surface area contributed by atoms with Crippen LogP contribution in [0, 0.1) is 5.92 Å². The van der Waals surface area contributed by atoms with Crippen LogP contribution >= 0.6 is 11.8 Å². The number of para-hydroxylation sites is 2. The number of aliphatic carboxylic acids is 1. The number of nitrogens with zero attached hydrogens (tertiary/aromatic N) is 2. The van der Waals surface area contributed by atoms with Crippen molar-refractivity contribution >= 4 is 29.1 Å². The lowest BCUT2D eigenvalue weighted by molar-refractivity contribution is -0.143. The van der Waals surface area contributed by atoms with Gasteiger partial charge in [-0.25, -0.2) is 0 Å². The standard InChI is InChI=1S/C22H26N2O3S/c25-22(26)17-6-5-11-23(16-17)12-14-27-15-13-24-18-7-1-3-9-20(18)28-21-10-4-2-8-19(21)24/h1-4,7-10,17H,5-6,11-16H2,(H,25,26)/t17-/m1/s1. The third-order valence-corrected chi connectivity index (χ3v) is 6.53. The summed E-state index contributed by atoms with van der Waals surface area (Å²) in [4.78, 5) is 18.3.